The third-order valence-corrected chi connectivity index (χ3v) is 4.86. The molecule has 6 heteroatoms. The molecule has 2 rings (SSSR count). The van der Waals surface area contributed by atoms with E-state index < -0.39 is 18.5 Å². The second kappa shape index (κ2) is 11.3. The quantitative estimate of drug-likeness (QED) is 0.424. The Labute approximate surface area is 183 Å². The van der Waals surface area contributed by atoms with Crippen LogP contribution in [0.5, 0.6) is 5.75 Å². The van der Waals surface area contributed by atoms with E-state index in [1.807, 2.05) is 18.2 Å². The maximum Gasteiger partial charge on any atom is 0.344 e. The molecule has 2 aromatic rings. The predicted molar refractivity (Wildman–Crippen MR) is 121 cm³/mol. The lowest BCUT2D eigenvalue weighted by atomic mass is 9.92. The second-order valence-electron chi connectivity index (χ2n) is 7.92. The van der Waals surface area contributed by atoms with E-state index in [2.05, 4.69) is 33.0 Å². The van der Waals surface area contributed by atoms with Crippen LogP contribution in [0, 0.1) is 0 Å². The van der Waals surface area contributed by atoms with Gasteiger partial charge >= 0.3 is 5.97 Å². The zero-order valence-electron chi connectivity index (χ0n) is 18.9. The van der Waals surface area contributed by atoms with Crippen molar-refractivity contribution in [2.45, 2.75) is 52.9 Å². The van der Waals surface area contributed by atoms with Crippen LogP contribution < -0.4 is 10.1 Å². The van der Waals surface area contributed by atoms with Gasteiger partial charge in [0, 0.05) is 17.7 Å². The Balaban J connectivity index is 1.89. The lowest BCUT2D eigenvalue weighted by Gasteiger charge is -2.20. The summed E-state index contributed by atoms with van der Waals surface area (Å²) in [6, 6.07) is 12.5. The first-order valence-corrected chi connectivity index (χ1v) is 10.6. The summed E-state index contributed by atoms with van der Waals surface area (Å²) in [5.74, 6) is -0.0816. The highest BCUT2D eigenvalue weighted by Crippen LogP contribution is 2.32. The van der Waals surface area contributed by atoms with Crippen molar-refractivity contribution >= 4 is 23.3 Å². The molecule has 0 heterocycles. The number of Topliss-reactive ketones (excluding diaryl/α,β-unsaturated/α-hetero) is 1. The molecule has 0 saturated carbocycles. The number of anilines is 1. The summed E-state index contributed by atoms with van der Waals surface area (Å²) in [5, 5.41) is 2.90. The minimum Gasteiger partial charge on any atom is -0.482 e. The van der Waals surface area contributed by atoms with Crippen molar-refractivity contribution in [3.8, 4) is 5.75 Å². The number of hydrogen-bond acceptors (Lipinski definition) is 5. The van der Waals surface area contributed by atoms with Crippen LogP contribution in [0.4, 0.5) is 5.69 Å². The second-order valence-corrected chi connectivity index (χ2v) is 7.92. The molecule has 0 aliphatic heterocycles. The van der Waals surface area contributed by atoms with Crippen molar-refractivity contribution in [2.75, 3.05) is 18.5 Å². The number of nitrogens with one attached hydrogen (secondary N) is 1. The van der Waals surface area contributed by atoms with Crippen LogP contribution in [0.3, 0.4) is 0 Å². The van der Waals surface area contributed by atoms with Crippen molar-refractivity contribution < 1.29 is 23.9 Å². The molecule has 0 aliphatic rings. The highest BCUT2D eigenvalue weighted by atomic mass is 16.6. The highest BCUT2D eigenvalue weighted by molar-refractivity contribution is 5.96. The van der Waals surface area contributed by atoms with Crippen molar-refractivity contribution in [3.63, 3.8) is 0 Å². The fraction of sp³-hybridized carbons (Fsp3) is 0.400. The van der Waals surface area contributed by atoms with Crippen LogP contribution in [0.25, 0.3) is 0 Å². The molecule has 0 aliphatic carbocycles. The molecule has 0 radical (unpaired) electrons. The zero-order chi connectivity index (χ0) is 23.0. The lowest BCUT2D eigenvalue weighted by molar-refractivity contribution is -0.149. The summed E-state index contributed by atoms with van der Waals surface area (Å²) in [5.41, 5.74) is 3.46. The van der Waals surface area contributed by atoms with E-state index in [1.54, 1.807) is 31.2 Å². The fourth-order valence-corrected chi connectivity index (χ4v) is 3.14. The van der Waals surface area contributed by atoms with Crippen molar-refractivity contribution in [3.05, 3.63) is 59.2 Å². The molecule has 166 valence electrons. The molecule has 2 aromatic carbocycles. The topological polar surface area (TPSA) is 81.7 Å². The Morgan fingerprint density at radius 2 is 1.45 bits per heavy atom. The summed E-state index contributed by atoms with van der Waals surface area (Å²) in [6.45, 7) is 9.34. The van der Waals surface area contributed by atoms with E-state index in [1.165, 1.54) is 0 Å². The van der Waals surface area contributed by atoms with Gasteiger partial charge in [-0.25, -0.2) is 4.79 Å². The van der Waals surface area contributed by atoms with E-state index >= 15 is 0 Å². The number of carbonyl (C=O) groups is 3. The molecular formula is C25H31NO5. The third-order valence-electron chi connectivity index (χ3n) is 4.86. The first-order valence-electron chi connectivity index (χ1n) is 10.6. The largest absolute Gasteiger partial charge is 0.482 e. The van der Waals surface area contributed by atoms with E-state index in [0.29, 0.717) is 17.7 Å². The first-order chi connectivity index (χ1) is 14.7. The molecule has 0 atom stereocenters. The van der Waals surface area contributed by atoms with Gasteiger partial charge in [-0.05, 0) is 47.2 Å². The Morgan fingerprint density at radius 1 is 0.871 bits per heavy atom. The summed E-state index contributed by atoms with van der Waals surface area (Å²) < 4.78 is 10.4. The van der Waals surface area contributed by atoms with Crippen LogP contribution in [0.2, 0.25) is 0 Å². The van der Waals surface area contributed by atoms with Gasteiger partial charge in [0.1, 0.15) is 5.75 Å². The normalized spacial score (nSPS) is 10.8. The summed E-state index contributed by atoms with van der Waals surface area (Å²) >= 11 is 0. The molecule has 6 nitrogen and oxygen atoms in total. The smallest absolute Gasteiger partial charge is 0.344 e. The van der Waals surface area contributed by atoms with Gasteiger partial charge in [0.15, 0.2) is 19.0 Å². The summed E-state index contributed by atoms with van der Waals surface area (Å²) in [7, 11) is 0. The van der Waals surface area contributed by atoms with Gasteiger partial charge in [-0.1, -0.05) is 52.8 Å². The van der Waals surface area contributed by atoms with Gasteiger partial charge in [0.25, 0.3) is 5.91 Å². The maximum atomic E-state index is 12.4. The number of rotatable bonds is 10. The molecule has 0 aromatic heterocycles. The van der Waals surface area contributed by atoms with Gasteiger partial charge in [-0.2, -0.15) is 0 Å². The molecule has 1 N–H and O–H groups in total. The SMILES string of the molecule is CCC(=O)c1ccc(OCC(=O)OCC(=O)Nc2c(C(C)C)cccc2C(C)C)cc1. The average Bonchev–Trinajstić information content (AvgIpc) is 2.75. The summed E-state index contributed by atoms with van der Waals surface area (Å²) in [6.07, 6.45) is 0.425. The van der Waals surface area contributed by atoms with Crippen LogP contribution in [-0.4, -0.2) is 30.9 Å². The number of esters is 1. The Bertz CT molecular complexity index is 890. The first kappa shape index (κ1) is 24.1. The van der Waals surface area contributed by atoms with E-state index in [0.717, 1.165) is 16.8 Å². The molecule has 0 bridgehead atoms. The average molecular weight is 426 g/mol. The van der Waals surface area contributed by atoms with Gasteiger partial charge < -0.3 is 14.8 Å². The van der Waals surface area contributed by atoms with Gasteiger partial charge in [0.05, 0.1) is 0 Å². The van der Waals surface area contributed by atoms with Crippen molar-refractivity contribution in [2.24, 2.45) is 0 Å². The molecule has 0 saturated heterocycles. The molecule has 1 amide bonds. The lowest BCUT2D eigenvalue weighted by Crippen LogP contribution is -2.24. The third kappa shape index (κ3) is 6.95. The standard InChI is InChI=1S/C25H31NO5/c1-6-22(27)18-10-12-19(13-11-18)30-15-24(29)31-14-23(28)26-25-20(16(2)3)8-7-9-21(25)17(4)5/h7-13,16-17H,6,14-15H2,1-5H3,(H,26,28). The van der Waals surface area contributed by atoms with Crippen LogP contribution in [0.1, 0.15) is 74.4 Å². The number of carbonyl (C=O) groups excluding carboxylic acids is 3. The number of hydrogen-bond donors (Lipinski definition) is 1. The highest BCUT2D eigenvalue weighted by Gasteiger charge is 2.17. The van der Waals surface area contributed by atoms with Gasteiger partial charge in [-0.3, -0.25) is 9.59 Å². The molecule has 31 heavy (non-hydrogen) atoms. The molecule has 0 fully saturated rings. The number of benzene rings is 2. The number of ketones is 1. The number of para-hydroxylation sites is 1. The fourth-order valence-electron chi connectivity index (χ4n) is 3.14. The zero-order valence-corrected chi connectivity index (χ0v) is 18.9. The predicted octanol–water partition coefficient (Wildman–Crippen LogP) is 5.09. The Hall–Kier alpha value is -3.15. The number of ether oxygens (including phenoxy) is 2. The molecule has 0 spiro atoms. The summed E-state index contributed by atoms with van der Waals surface area (Å²) in [4.78, 5) is 36.0. The van der Waals surface area contributed by atoms with Crippen molar-refractivity contribution in [1.82, 2.24) is 0 Å². The Kier molecular flexibility index (Phi) is 8.79. The van der Waals surface area contributed by atoms with Crippen LogP contribution in [-0.2, 0) is 14.3 Å². The monoisotopic (exact) mass is 425 g/mol. The van der Waals surface area contributed by atoms with E-state index in [-0.39, 0.29) is 24.2 Å². The van der Waals surface area contributed by atoms with Crippen LogP contribution in [0.15, 0.2) is 42.5 Å². The van der Waals surface area contributed by atoms with Crippen molar-refractivity contribution in [1.29, 1.82) is 0 Å². The number of amides is 1. The Morgan fingerprint density at radius 3 is 1.97 bits per heavy atom. The van der Waals surface area contributed by atoms with Gasteiger partial charge in [0.2, 0.25) is 0 Å². The van der Waals surface area contributed by atoms with Crippen LogP contribution >= 0.6 is 0 Å². The maximum absolute atomic E-state index is 12.4. The minimum atomic E-state index is -0.648. The minimum absolute atomic E-state index is 0.0386. The molecule has 0 unspecified atom stereocenters. The van der Waals surface area contributed by atoms with E-state index in [9.17, 15) is 14.4 Å². The van der Waals surface area contributed by atoms with Gasteiger partial charge in [-0.15, -0.1) is 0 Å². The molecular weight excluding hydrogens is 394 g/mol. The van der Waals surface area contributed by atoms with E-state index in [4.69, 9.17) is 9.47 Å².